The Labute approximate surface area is 182 Å². The quantitative estimate of drug-likeness (QED) is 0.443. The van der Waals surface area contributed by atoms with Gasteiger partial charge >= 0.3 is 0 Å². The monoisotopic (exact) mass is 474 g/mol. The van der Waals surface area contributed by atoms with Crippen LogP contribution >= 0.6 is 39.1 Å². The molecule has 1 aliphatic heterocycles. The largest absolute Gasteiger partial charge is 0.508 e. The zero-order valence-corrected chi connectivity index (χ0v) is 17.8. The van der Waals surface area contributed by atoms with E-state index in [2.05, 4.69) is 21.2 Å². The normalized spacial score (nSPS) is 19.3. The van der Waals surface area contributed by atoms with Crippen molar-refractivity contribution in [2.45, 2.75) is 18.6 Å². The molecule has 2 atom stereocenters. The Hall–Kier alpha value is -1.85. The van der Waals surface area contributed by atoms with Gasteiger partial charge in [0.25, 0.3) is 0 Å². The van der Waals surface area contributed by atoms with Crippen molar-refractivity contribution in [1.29, 1.82) is 0 Å². The lowest BCUT2D eigenvalue weighted by Gasteiger charge is -2.31. The van der Waals surface area contributed by atoms with Crippen LogP contribution in [0.5, 0.6) is 5.75 Å². The van der Waals surface area contributed by atoms with Crippen molar-refractivity contribution < 1.29 is 5.11 Å². The van der Waals surface area contributed by atoms with Gasteiger partial charge < -0.3 is 5.11 Å². The minimum Gasteiger partial charge on any atom is -0.508 e. The lowest BCUT2D eigenvalue weighted by atomic mass is 9.93. The molecular formula is C22H17BrCl2N2O. The third-order valence-electron chi connectivity index (χ3n) is 4.77. The zero-order chi connectivity index (χ0) is 19.7. The fourth-order valence-corrected chi connectivity index (χ4v) is 3.91. The lowest BCUT2D eigenvalue weighted by Crippen LogP contribution is -2.33. The SMILES string of the molecule is Oc1ccc(Cl)cc1[C@@H]1CC(c2ccc(Cl)cc2)=N[C@@H](c2ccc(Br)cc2)N1. The number of hydrogen-bond acceptors (Lipinski definition) is 3. The van der Waals surface area contributed by atoms with Gasteiger partial charge in [0.15, 0.2) is 0 Å². The minimum atomic E-state index is -0.240. The Morgan fingerprint density at radius 1 is 0.929 bits per heavy atom. The number of phenols is 1. The van der Waals surface area contributed by atoms with Gasteiger partial charge in [0, 0.05) is 38.3 Å². The van der Waals surface area contributed by atoms with Gasteiger partial charge in [0.1, 0.15) is 11.9 Å². The summed E-state index contributed by atoms with van der Waals surface area (Å²) in [6.45, 7) is 0. The van der Waals surface area contributed by atoms with Crippen molar-refractivity contribution in [2.75, 3.05) is 0 Å². The molecule has 1 heterocycles. The van der Waals surface area contributed by atoms with Crippen LogP contribution in [0.1, 0.15) is 35.3 Å². The topological polar surface area (TPSA) is 44.6 Å². The van der Waals surface area contributed by atoms with E-state index in [1.807, 2.05) is 48.5 Å². The molecule has 0 spiro atoms. The van der Waals surface area contributed by atoms with E-state index in [1.54, 1.807) is 18.2 Å². The smallest absolute Gasteiger partial charge is 0.126 e. The second kappa shape index (κ2) is 8.26. The standard InChI is InChI=1S/C22H17BrCl2N2O/c23-15-5-1-14(2-6-15)22-26-19(13-3-7-16(24)8-4-13)12-20(27-22)18-11-17(25)9-10-21(18)28/h1-11,20,22,27-28H,12H2/t20-,22+/m0/s1. The average Bonchev–Trinajstić information content (AvgIpc) is 2.70. The van der Waals surface area contributed by atoms with Crippen molar-refractivity contribution in [3.8, 4) is 5.75 Å². The average molecular weight is 476 g/mol. The molecule has 4 rings (SSSR count). The van der Waals surface area contributed by atoms with Gasteiger partial charge in [-0.25, -0.2) is 0 Å². The molecule has 0 fully saturated rings. The van der Waals surface area contributed by atoms with Crippen LogP contribution in [0.25, 0.3) is 0 Å². The first-order valence-corrected chi connectivity index (χ1v) is 10.4. The summed E-state index contributed by atoms with van der Waals surface area (Å²) in [5.41, 5.74) is 3.77. The number of aliphatic imine (C=N–C) groups is 1. The Morgan fingerprint density at radius 3 is 2.32 bits per heavy atom. The van der Waals surface area contributed by atoms with Crippen molar-refractivity contribution in [1.82, 2.24) is 5.32 Å². The highest BCUT2D eigenvalue weighted by Crippen LogP contribution is 2.36. The summed E-state index contributed by atoms with van der Waals surface area (Å²) >= 11 is 15.7. The van der Waals surface area contributed by atoms with Crippen LogP contribution in [0.4, 0.5) is 0 Å². The molecule has 1 aliphatic rings. The Balaban J connectivity index is 1.76. The van der Waals surface area contributed by atoms with E-state index < -0.39 is 0 Å². The highest BCUT2D eigenvalue weighted by Gasteiger charge is 2.27. The maximum Gasteiger partial charge on any atom is 0.126 e. The molecule has 0 amide bonds. The number of rotatable bonds is 3. The molecule has 0 saturated heterocycles. The van der Waals surface area contributed by atoms with Gasteiger partial charge in [-0.05, 0) is 53.6 Å². The summed E-state index contributed by atoms with van der Waals surface area (Å²) in [5, 5.41) is 15.2. The number of hydrogen-bond donors (Lipinski definition) is 2. The van der Waals surface area contributed by atoms with Gasteiger partial charge in [-0.2, -0.15) is 0 Å². The first-order valence-electron chi connectivity index (χ1n) is 8.82. The van der Waals surface area contributed by atoms with Crippen LogP contribution in [0.2, 0.25) is 10.0 Å². The van der Waals surface area contributed by atoms with E-state index in [4.69, 9.17) is 28.2 Å². The van der Waals surface area contributed by atoms with Gasteiger partial charge in [0.2, 0.25) is 0 Å². The number of benzene rings is 3. The third-order valence-corrected chi connectivity index (χ3v) is 5.79. The molecular weight excluding hydrogens is 459 g/mol. The summed E-state index contributed by atoms with van der Waals surface area (Å²) in [6.07, 6.45) is 0.388. The Morgan fingerprint density at radius 2 is 1.61 bits per heavy atom. The molecule has 142 valence electrons. The number of nitrogens with one attached hydrogen (secondary N) is 1. The first-order chi connectivity index (χ1) is 13.5. The molecule has 28 heavy (non-hydrogen) atoms. The van der Waals surface area contributed by atoms with E-state index >= 15 is 0 Å². The maximum absolute atomic E-state index is 10.4. The van der Waals surface area contributed by atoms with E-state index in [1.165, 1.54) is 0 Å². The van der Waals surface area contributed by atoms with Gasteiger partial charge in [-0.15, -0.1) is 0 Å². The van der Waals surface area contributed by atoms with Crippen LogP contribution in [-0.4, -0.2) is 10.8 Å². The van der Waals surface area contributed by atoms with Crippen LogP contribution in [0.3, 0.4) is 0 Å². The van der Waals surface area contributed by atoms with Crippen LogP contribution in [0.15, 0.2) is 76.2 Å². The predicted molar refractivity (Wildman–Crippen MR) is 118 cm³/mol. The lowest BCUT2D eigenvalue weighted by molar-refractivity contribution is 0.412. The van der Waals surface area contributed by atoms with Gasteiger partial charge in [0.05, 0.1) is 0 Å². The van der Waals surface area contributed by atoms with Crippen molar-refractivity contribution in [3.63, 3.8) is 0 Å². The van der Waals surface area contributed by atoms with E-state index in [-0.39, 0.29) is 18.0 Å². The molecule has 3 aromatic carbocycles. The molecule has 2 N–H and O–H groups in total. The molecule has 0 unspecified atom stereocenters. The molecule has 0 aromatic heterocycles. The third kappa shape index (κ3) is 4.26. The molecule has 0 bridgehead atoms. The fourth-order valence-electron chi connectivity index (χ4n) is 3.34. The Bertz CT molecular complexity index is 1020. The van der Waals surface area contributed by atoms with Crippen molar-refractivity contribution in [3.05, 3.63) is 97.9 Å². The second-order valence-electron chi connectivity index (χ2n) is 6.66. The predicted octanol–water partition coefficient (Wildman–Crippen LogP) is 6.68. The number of nitrogens with zero attached hydrogens (tertiary/aromatic N) is 1. The van der Waals surface area contributed by atoms with Crippen LogP contribution in [0, 0.1) is 0 Å². The highest BCUT2D eigenvalue weighted by atomic mass is 79.9. The summed E-state index contributed by atoms with van der Waals surface area (Å²) in [4.78, 5) is 4.94. The summed E-state index contributed by atoms with van der Waals surface area (Å²) in [5.74, 6) is 0.216. The highest BCUT2D eigenvalue weighted by molar-refractivity contribution is 9.10. The number of halogens is 3. The van der Waals surface area contributed by atoms with E-state index in [0.29, 0.717) is 16.5 Å². The fraction of sp³-hybridized carbons (Fsp3) is 0.136. The second-order valence-corrected chi connectivity index (χ2v) is 8.45. The number of phenolic OH excluding ortho intramolecular Hbond substituents is 1. The summed E-state index contributed by atoms with van der Waals surface area (Å²) in [7, 11) is 0. The molecule has 3 nitrogen and oxygen atoms in total. The van der Waals surface area contributed by atoms with Crippen LogP contribution < -0.4 is 5.32 Å². The Kier molecular flexibility index (Phi) is 5.74. The minimum absolute atomic E-state index is 0.129. The molecule has 0 aliphatic carbocycles. The zero-order valence-electron chi connectivity index (χ0n) is 14.7. The first kappa shape index (κ1) is 19.5. The van der Waals surface area contributed by atoms with Gasteiger partial charge in [-0.1, -0.05) is 63.4 Å². The van der Waals surface area contributed by atoms with Gasteiger partial charge in [-0.3, -0.25) is 10.3 Å². The van der Waals surface area contributed by atoms with Crippen LogP contribution in [-0.2, 0) is 0 Å². The molecule has 0 radical (unpaired) electrons. The van der Waals surface area contributed by atoms with E-state index in [0.717, 1.165) is 26.9 Å². The molecule has 3 aromatic rings. The summed E-state index contributed by atoms with van der Waals surface area (Å²) < 4.78 is 1.01. The summed E-state index contributed by atoms with van der Waals surface area (Å²) in [6, 6.07) is 20.7. The maximum atomic E-state index is 10.4. The molecule has 0 saturated carbocycles. The van der Waals surface area contributed by atoms with Crippen molar-refractivity contribution >= 4 is 44.8 Å². The van der Waals surface area contributed by atoms with E-state index in [9.17, 15) is 5.11 Å². The number of aromatic hydroxyl groups is 1. The molecule has 6 heteroatoms. The van der Waals surface area contributed by atoms with Crippen molar-refractivity contribution in [2.24, 2.45) is 4.99 Å².